The number of thiazole rings is 1. The normalized spacial score (nSPS) is 14.3. The van der Waals surface area contributed by atoms with Crippen molar-refractivity contribution in [2.24, 2.45) is 0 Å². The fourth-order valence-electron chi connectivity index (χ4n) is 2.19. The molecular formula is C15H18ClN3O2S. The zero-order valence-corrected chi connectivity index (χ0v) is 13.9. The van der Waals surface area contributed by atoms with E-state index in [0.29, 0.717) is 18.1 Å². The highest BCUT2D eigenvalue weighted by atomic mass is 35.5. The van der Waals surface area contributed by atoms with E-state index in [-0.39, 0.29) is 18.3 Å². The number of aryl methyl sites for hydroxylation is 1. The predicted molar refractivity (Wildman–Crippen MR) is 91.5 cm³/mol. The molecule has 0 bridgehead atoms. The van der Waals surface area contributed by atoms with E-state index in [2.05, 4.69) is 15.2 Å². The van der Waals surface area contributed by atoms with Gasteiger partial charge < -0.3 is 15.0 Å². The average molecular weight is 340 g/mol. The molecule has 0 atom stereocenters. The monoisotopic (exact) mass is 339 g/mol. The first-order valence-corrected chi connectivity index (χ1v) is 7.72. The quantitative estimate of drug-likeness (QED) is 0.934. The lowest BCUT2D eigenvalue weighted by atomic mass is 10.3. The predicted octanol–water partition coefficient (Wildman–Crippen LogP) is 2.96. The second kappa shape index (κ2) is 7.58. The minimum absolute atomic E-state index is 0. The summed E-state index contributed by atoms with van der Waals surface area (Å²) in [5, 5.41) is 3.80. The van der Waals surface area contributed by atoms with Crippen molar-refractivity contribution < 1.29 is 9.53 Å². The summed E-state index contributed by atoms with van der Waals surface area (Å²) >= 11 is 1.44. The second-order valence-electron chi connectivity index (χ2n) is 4.83. The number of para-hydroxylation sites is 1. The van der Waals surface area contributed by atoms with Gasteiger partial charge in [0.15, 0.2) is 5.13 Å². The van der Waals surface area contributed by atoms with Crippen LogP contribution >= 0.6 is 23.7 Å². The van der Waals surface area contributed by atoms with Gasteiger partial charge in [0.1, 0.15) is 4.88 Å². The number of nitrogens with zero attached hydrogens (tertiary/aromatic N) is 2. The van der Waals surface area contributed by atoms with Crippen LogP contribution in [0.3, 0.4) is 0 Å². The molecule has 2 heterocycles. The van der Waals surface area contributed by atoms with Gasteiger partial charge in [-0.25, -0.2) is 4.98 Å². The van der Waals surface area contributed by atoms with Gasteiger partial charge in [-0.15, -0.1) is 12.4 Å². The number of halogens is 1. The Balaban J connectivity index is 0.00000176. The van der Waals surface area contributed by atoms with Crippen molar-refractivity contribution in [3.05, 3.63) is 40.9 Å². The van der Waals surface area contributed by atoms with E-state index in [9.17, 15) is 4.79 Å². The van der Waals surface area contributed by atoms with Gasteiger partial charge in [0, 0.05) is 18.8 Å². The largest absolute Gasteiger partial charge is 0.378 e. The lowest BCUT2D eigenvalue weighted by molar-refractivity contribution is 0.103. The van der Waals surface area contributed by atoms with E-state index in [1.165, 1.54) is 11.3 Å². The van der Waals surface area contributed by atoms with Gasteiger partial charge in [-0.2, -0.15) is 0 Å². The van der Waals surface area contributed by atoms with Gasteiger partial charge in [-0.05, 0) is 19.1 Å². The fraction of sp³-hybridized carbons (Fsp3) is 0.333. The number of nitrogens with one attached hydrogen (secondary N) is 1. The van der Waals surface area contributed by atoms with Crippen LogP contribution in [0.25, 0.3) is 0 Å². The van der Waals surface area contributed by atoms with Crippen LogP contribution in [0.1, 0.15) is 15.4 Å². The Labute approximate surface area is 139 Å². The summed E-state index contributed by atoms with van der Waals surface area (Å²) in [5.74, 6) is -0.101. The van der Waals surface area contributed by atoms with Crippen LogP contribution in [0.2, 0.25) is 0 Å². The summed E-state index contributed by atoms with van der Waals surface area (Å²) in [6, 6.07) is 9.46. The first-order chi connectivity index (χ1) is 10.2. The minimum atomic E-state index is -0.101. The molecule has 1 saturated heterocycles. The molecule has 0 radical (unpaired) electrons. The molecule has 0 aliphatic carbocycles. The van der Waals surface area contributed by atoms with Gasteiger partial charge in [-0.1, -0.05) is 29.5 Å². The minimum Gasteiger partial charge on any atom is -0.378 e. The maximum Gasteiger partial charge on any atom is 0.267 e. The Morgan fingerprint density at radius 3 is 2.64 bits per heavy atom. The van der Waals surface area contributed by atoms with Crippen molar-refractivity contribution >= 4 is 40.5 Å². The van der Waals surface area contributed by atoms with Crippen LogP contribution in [0.4, 0.5) is 10.8 Å². The van der Waals surface area contributed by atoms with Crippen molar-refractivity contribution in [1.82, 2.24) is 4.98 Å². The van der Waals surface area contributed by atoms with Gasteiger partial charge >= 0.3 is 0 Å². The molecule has 1 aliphatic heterocycles. The average Bonchev–Trinajstić information content (AvgIpc) is 2.91. The molecule has 22 heavy (non-hydrogen) atoms. The number of rotatable bonds is 3. The molecule has 2 aromatic rings. The highest BCUT2D eigenvalue weighted by Crippen LogP contribution is 2.27. The molecule has 1 aromatic heterocycles. The van der Waals surface area contributed by atoms with E-state index >= 15 is 0 Å². The highest BCUT2D eigenvalue weighted by Gasteiger charge is 2.20. The van der Waals surface area contributed by atoms with E-state index in [4.69, 9.17) is 4.74 Å². The van der Waals surface area contributed by atoms with E-state index in [1.54, 1.807) is 0 Å². The van der Waals surface area contributed by atoms with Crippen LogP contribution in [-0.4, -0.2) is 37.2 Å². The number of ether oxygens (including phenoxy) is 1. The number of hydrogen-bond acceptors (Lipinski definition) is 5. The highest BCUT2D eigenvalue weighted by molar-refractivity contribution is 7.17. The Morgan fingerprint density at radius 1 is 1.27 bits per heavy atom. The van der Waals surface area contributed by atoms with Crippen molar-refractivity contribution in [3.8, 4) is 0 Å². The van der Waals surface area contributed by atoms with Gasteiger partial charge in [0.2, 0.25) is 0 Å². The molecule has 1 aromatic carbocycles. The number of amides is 1. The van der Waals surface area contributed by atoms with E-state index in [1.807, 2.05) is 37.3 Å². The molecule has 7 heteroatoms. The summed E-state index contributed by atoms with van der Waals surface area (Å²) in [6.45, 7) is 4.95. The zero-order chi connectivity index (χ0) is 14.7. The third-order valence-corrected chi connectivity index (χ3v) is 4.52. The maximum atomic E-state index is 12.3. The molecule has 3 rings (SSSR count). The number of carbonyl (C=O) groups is 1. The molecule has 0 unspecified atom stereocenters. The summed E-state index contributed by atoms with van der Waals surface area (Å²) < 4.78 is 5.34. The van der Waals surface area contributed by atoms with Gasteiger partial charge in [0.05, 0.1) is 18.9 Å². The van der Waals surface area contributed by atoms with Gasteiger partial charge in [-0.3, -0.25) is 4.79 Å². The summed E-state index contributed by atoms with van der Waals surface area (Å²) in [5.41, 5.74) is 1.57. The summed E-state index contributed by atoms with van der Waals surface area (Å²) in [6.07, 6.45) is 0. The number of benzene rings is 1. The first-order valence-electron chi connectivity index (χ1n) is 6.90. The molecule has 0 saturated carbocycles. The van der Waals surface area contributed by atoms with Crippen LogP contribution in [0.15, 0.2) is 30.3 Å². The molecule has 0 spiro atoms. The first kappa shape index (κ1) is 16.7. The lowest BCUT2D eigenvalue weighted by Crippen LogP contribution is -2.36. The summed E-state index contributed by atoms with van der Waals surface area (Å²) in [7, 11) is 0. The number of aromatic nitrogens is 1. The molecule has 1 N–H and O–H groups in total. The Morgan fingerprint density at radius 2 is 1.95 bits per heavy atom. The van der Waals surface area contributed by atoms with Crippen molar-refractivity contribution in [1.29, 1.82) is 0 Å². The smallest absolute Gasteiger partial charge is 0.267 e. The third kappa shape index (κ3) is 3.76. The number of hydrogen-bond donors (Lipinski definition) is 1. The van der Waals surface area contributed by atoms with Crippen LogP contribution in [0.5, 0.6) is 0 Å². The zero-order valence-electron chi connectivity index (χ0n) is 12.2. The SMILES string of the molecule is Cc1nc(N2CCOCC2)sc1C(=O)Nc1ccccc1.Cl. The Hall–Kier alpha value is -1.63. The molecular weight excluding hydrogens is 322 g/mol. The number of carbonyl (C=O) groups excluding carboxylic acids is 1. The molecule has 5 nitrogen and oxygen atoms in total. The third-order valence-electron chi connectivity index (χ3n) is 3.30. The fourth-order valence-corrected chi connectivity index (χ4v) is 3.21. The molecule has 1 fully saturated rings. The van der Waals surface area contributed by atoms with Crippen LogP contribution in [0, 0.1) is 6.92 Å². The number of anilines is 2. The van der Waals surface area contributed by atoms with Crippen molar-refractivity contribution in [2.75, 3.05) is 36.5 Å². The Kier molecular flexibility index (Phi) is 5.76. The van der Waals surface area contributed by atoms with Gasteiger partial charge in [0.25, 0.3) is 5.91 Å². The topological polar surface area (TPSA) is 54.5 Å². The van der Waals surface area contributed by atoms with Crippen molar-refractivity contribution in [2.45, 2.75) is 6.92 Å². The standard InChI is InChI=1S/C15H17N3O2S.ClH/c1-11-13(14(19)17-12-5-3-2-4-6-12)21-15(16-11)18-7-9-20-10-8-18;/h2-6H,7-10H2,1H3,(H,17,19);1H. The molecule has 1 aliphatic rings. The Bertz CT molecular complexity index is 627. The van der Waals surface area contributed by atoms with E-state index < -0.39 is 0 Å². The number of morpholine rings is 1. The van der Waals surface area contributed by atoms with E-state index in [0.717, 1.165) is 29.6 Å². The lowest BCUT2D eigenvalue weighted by Gasteiger charge is -2.25. The second-order valence-corrected chi connectivity index (χ2v) is 5.81. The maximum absolute atomic E-state index is 12.3. The van der Waals surface area contributed by atoms with Crippen LogP contribution < -0.4 is 10.2 Å². The van der Waals surface area contributed by atoms with Crippen LogP contribution in [-0.2, 0) is 4.74 Å². The molecule has 118 valence electrons. The summed E-state index contributed by atoms with van der Waals surface area (Å²) in [4.78, 5) is 19.7. The molecule has 1 amide bonds. The van der Waals surface area contributed by atoms with Crippen molar-refractivity contribution in [3.63, 3.8) is 0 Å².